The lowest BCUT2D eigenvalue weighted by Crippen LogP contribution is -2.45. The number of hydrogen-bond donors (Lipinski definition) is 1. The van der Waals surface area contributed by atoms with E-state index in [0.717, 1.165) is 0 Å². The van der Waals surface area contributed by atoms with Gasteiger partial charge in [0.05, 0.1) is 16.6 Å². The van der Waals surface area contributed by atoms with Crippen molar-refractivity contribution in [2.24, 2.45) is 0 Å². The van der Waals surface area contributed by atoms with E-state index in [1.807, 2.05) is 20.8 Å². The maximum atomic E-state index is 12.9. The number of amides is 1. The molecule has 0 radical (unpaired) electrons. The SMILES string of the molecule is CC(C)(C)OC(=O)N1C[C@H](O[Si](C)(C)C(C)(C)C)C[C@H]1c1c[nH]cc(Br)c1=O. The minimum atomic E-state index is -2.01. The maximum Gasteiger partial charge on any atom is 0.410 e. The van der Waals surface area contributed by atoms with Gasteiger partial charge < -0.3 is 14.1 Å². The first-order chi connectivity index (χ1) is 12.6. The molecule has 0 bridgehead atoms. The molecule has 1 aromatic heterocycles. The number of halogens is 1. The first-order valence-corrected chi connectivity index (χ1v) is 13.4. The van der Waals surface area contributed by atoms with Gasteiger partial charge in [-0.25, -0.2) is 4.79 Å². The van der Waals surface area contributed by atoms with E-state index in [-0.39, 0.29) is 22.6 Å². The molecule has 1 amide bonds. The Hall–Kier alpha value is -1.12. The Labute approximate surface area is 177 Å². The second kappa shape index (κ2) is 7.95. The van der Waals surface area contributed by atoms with Gasteiger partial charge in [0, 0.05) is 24.5 Å². The van der Waals surface area contributed by atoms with Crippen molar-refractivity contribution in [2.45, 2.75) is 83.8 Å². The second-order valence-corrected chi connectivity index (χ2v) is 15.6. The molecule has 158 valence electrons. The van der Waals surface area contributed by atoms with E-state index in [4.69, 9.17) is 9.16 Å². The van der Waals surface area contributed by atoms with Gasteiger partial charge in [-0.05, 0) is 61.3 Å². The monoisotopic (exact) mass is 472 g/mol. The fourth-order valence-electron chi connectivity index (χ4n) is 3.01. The largest absolute Gasteiger partial charge is 0.444 e. The zero-order valence-corrected chi connectivity index (χ0v) is 20.8. The van der Waals surface area contributed by atoms with Gasteiger partial charge >= 0.3 is 6.09 Å². The lowest BCUT2D eigenvalue weighted by atomic mass is 10.1. The molecule has 1 aliphatic rings. The highest BCUT2D eigenvalue weighted by Crippen LogP contribution is 2.41. The molecule has 1 aromatic rings. The average Bonchev–Trinajstić information content (AvgIpc) is 2.90. The topological polar surface area (TPSA) is 71.6 Å². The van der Waals surface area contributed by atoms with Crippen LogP contribution in [0.5, 0.6) is 0 Å². The molecule has 1 N–H and O–H groups in total. The number of nitrogens with zero attached hydrogens (tertiary/aromatic N) is 1. The van der Waals surface area contributed by atoms with Gasteiger partial charge in [0.15, 0.2) is 8.32 Å². The van der Waals surface area contributed by atoms with E-state index in [9.17, 15) is 9.59 Å². The first-order valence-electron chi connectivity index (χ1n) is 9.66. The van der Waals surface area contributed by atoms with Crippen LogP contribution >= 0.6 is 15.9 Å². The van der Waals surface area contributed by atoms with Crippen molar-refractivity contribution >= 4 is 30.3 Å². The third-order valence-corrected chi connectivity index (χ3v) is 10.6. The summed E-state index contributed by atoms with van der Waals surface area (Å²) in [4.78, 5) is 30.2. The minimum Gasteiger partial charge on any atom is -0.444 e. The fourth-order valence-corrected chi connectivity index (χ4v) is 4.73. The molecule has 0 unspecified atom stereocenters. The normalized spacial score (nSPS) is 21.1. The number of ether oxygens (including phenoxy) is 1. The maximum absolute atomic E-state index is 12.9. The zero-order valence-electron chi connectivity index (χ0n) is 18.2. The Balaban J connectivity index is 2.35. The fraction of sp³-hybridized carbons (Fsp3) is 0.700. The van der Waals surface area contributed by atoms with Crippen LogP contribution in [-0.4, -0.2) is 42.5 Å². The van der Waals surface area contributed by atoms with E-state index in [1.54, 1.807) is 17.3 Å². The van der Waals surface area contributed by atoms with Crippen molar-refractivity contribution in [1.82, 2.24) is 9.88 Å². The molecule has 0 spiro atoms. The van der Waals surface area contributed by atoms with Crippen LogP contribution in [0.3, 0.4) is 0 Å². The van der Waals surface area contributed by atoms with Gasteiger partial charge in [-0.1, -0.05) is 20.8 Å². The van der Waals surface area contributed by atoms with E-state index in [2.05, 4.69) is 54.8 Å². The van der Waals surface area contributed by atoms with Crippen molar-refractivity contribution in [3.63, 3.8) is 0 Å². The Kier molecular flexibility index (Phi) is 6.58. The molecular formula is C20H33BrN2O4Si. The molecule has 1 aliphatic heterocycles. The summed E-state index contributed by atoms with van der Waals surface area (Å²) >= 11 is 3.29. The molecule has 2 rings (SSSR count). The molecule has 28 heavy (non-hydrogen) atoms. The summed E-state index contributed by atoms with van der Waals surface area (Å²) in [7, 11) is -2.01. The molecule has 2 heterocycles. The molecule has 6 nitrogen and oxygen atoms in total. The Bertz CT molecular complexity index is 780. The summed E-state index contributed by atoms with van der Waals surface area (Å²) in [6.07, 6.45) is 3.30. The number of hydrogen-bond acceptors (Lipinski definition) is 4. The number of aromatic nitrogens is 1. The van der Waals surface area contributed by atoms with Gasteiger partial charge in [-0.3, -0.25) is 9.69 Å². The van der Waals surface area contributed by atoms with Crippen molar-refractivity contribution in [3.05, 3.63) is 32.7 Å². The van der Waals surface area contributed by atoms with Gasteiger partial charge in [0.2, 0.25) is 5.43 Å². The molecule has 2 atom stereocenters. The second-order valence-electron chi connectivity index (χ2n) is 9.97. The Morgan fingerprint density at radius 2 is 1.82 bits per heavy atom. The predicted molar refractivity (Wildman–Crippen MR) is 117 cm³/mol. The molecule has 0 aromatic carbocycles. The predicted octanol–water partition coefficient (Wildman–Crippen LogP) is 5.21. The molecule has 1 fully saturated rings. The lowest BCUT2D eigenvalue weighted by Gasteiger charge is -2.38. The van der Waals surface area contributed by atoms with Gasteiger partial charge in [0.1, 0.15) is 5.60 Å². The van der Waals surface area contributed by atoms with Gasteiger partial charge in [-0.2, -0.15) is 0 Å². The number of carbonyl (C=O) groups excluding carboxylic acids is 1. The molecule has 0 saturated carbocycles. The molecule has 8 heteroatoms. The number of likely N-dealkylation sites (tertiary alicyclic amines) is 1. The van der Waals surface area contributed by atoms with Crippen LogP contribution in [0.4, 0.5) is 4.79 Å². The Morgan fingerprint density at radius 3 is 2.36 bits per heavy atom. The summed E-state index contributed by atoms with van der Waals surface area (Å²) in [5.41, 5.74) is -0.184. The highest BCUT2D eigenvalue weighted by Gasteiger charge is 2.45. The van der Waals surface area contributed by atoms with Crippen molar-refractivity contribution in [2.75, 3.05) is 6.54 Å². The highest BCUT2D eigenvalue weighted by molar-refractivity contribution is 9.10. The smallest absolute Gasteiger partial charge is 0.410 e. The van der Waals surface area contributed by atoms with Crippen LogP contribution in [0.1, 0.15) is 59.6 Å². The number of H-pyrrole nitrogens is 1. The van der Waals surface area contributed by atoms with Crippen molar-refractivity contribution < 1.29 is 14.0 Å². The standard InChI is InChI=1S/C20H33BrN2O4Si/c1-19(2,3)26-18(25)23-12-13(27-28(7,8)20(4,5)6)9-16(23)14-10-22-11-15(21)17(14)24/h10-11,13,16H,9,12H2,1-8H3,(H,22,24)/t13-,16+/m1/s1. The number of nitrogens with one attached hydrogen (secondary N) is 1. The van der Waals surface area contributed by atoms with Gasteiger partial charge in [0.25, 0.3) is 0 Å². The zero-order chi connectivity index (χ0) is 21.5. The molecule has 1 saturated heterocycles. The highest BCUT2D eigenvalue weighted by atomic mass is 79.9. The lowest BCUT2D eigenvalue weighted by molar-refractivity contribution is 0.0208. The van der Waals surface area contributed by atoms with Crippen LogP contribution in [0, 0.1) is 0 Å². The number of rotatable bonds is 3. The number of carbonyl (C=O) groups is 1. The number of pyridine rings is 1. The third-order valence-electron chi connectivity index (χ3n) is 5.45. The first kappa shape index (κ1) is 23.2. The van der Waals surface area contributed by atoms with E-state index >= 15 is 0 Å². The van der Waals surface area contributed by atoms with Crippen molar-refractivity contribution in [3.8, 4) is 0 Å². The summed E-state index contributed by atoms with van der Waals surface area (Å²) < 4.78 is 12.6. The van der Waals surface area contributed by atoms with Crippen LogP contribution < -0.4 is 5.43 Å². The summed E-state index contributed by atoms with van der Waals surface area (Å²) in [5, 5.41) is 0.0646. The van der Waals surface area contributed by atoms with Gasteiger partial charge in [-0.15, -0.1) is 0 Å². The average molecular weight is 473 g/mol. The summed E-state index contributed by atoms with van der Waals surface area (Å²) in [5.74, 6) is 0. The molecule has 0 aliphatic carbocycles. The van der Waals surface area contributed by atoms with E-state index in [1.165, 1.54) is 0 Å². The van der Waals surface area contributed by atoms with Crippen molar-refractivity contribution in [1.29, 1.82) is 0 Å². The van der Waals surface area contributed by atoms with Crippen LogP contribution in [0.25, 0.3) is 0 Å². The summed E-state index contributed by atoms with van der Waals surface area (Å²) in [6, 6.07) is -0.383. The van der Waals surface area contributed by atoms with Crippen LogP contribution in [0.15, 0.2) is 21.7 Å². The Morgan fingerprint density at radius 1 is 1.21 bits per heavy atom. The van der Waals surface area contributed by atoms with E-state index in [0.29, 0.717) is 23.0 Å². The third kappa shape index (κ3) is 5.27. The van der Waals surface area contributed by atoms with Crippen LogP contribution in [-0.2, 0) is 9.16 Å². The summed E-state index contributed by atoms with van der Waals surface area (Å²) in [6.45, 7) is 16.9. The number of aromatic amines is 1. The quantitative estimate of drug-likeness (QED) is 0.612. The van der Waals surface area contributed by atoms with Crippen LogP contribution in [0.2, 0.25) is 18.1 Å². The van der Waals surface area contributed by atoms with E-state index < -0.39 is 20.0 Å². The minimum absolute atomic E-state index is 0.0646. The molecular weight excluding hydrogens is 440 g/mol.